The van der Waals surface area contributed by atoms with Crippen LogP contribution in [0.15, 0.2) is 135 Å². The lowest BCUT2D eigenvalue weighted by molar-refractivity contribution is -0.741. The maximum atomic E-state index is 4.79. The first-order valence-electron chi connectivity index (χ1n) is 18.6. The Kier molecular flexibility index (Phi) is 7.57. The molecule has 1 unspecified atom stereocenters. The molecule has 2 aliphatic carbocycles. The number of pyridine rings is 1. The maximum absolute atomic E-state index is 4.79. The summed E-state index contributed by atoms with van der Waals surface area (Å²) in [6.07, 6.45) is 13.7. The van der Waals surface area contributed by atoms with E-state index in [-0.39, 0.29) is 5.54 Å². The van der Waals surface area contributed by atoms with E-state index in [1.54, 1.807) is 11.3 Å². The van der Waals surface area contributed by atoms with Crippen molar-refractivity contribution in [3.8, 4) is 38.6 Å². The number of thiophene rings is 1. The summed E-state index contributed by atoms with van der Waals surface area (Å²) in [5.74, 6) is 0. The van der Waals surface area contributed by atoms with Crippen molar-refractivity contribution in [2.24, 2.45) is 0 Å². The molecule has 0 amide bonds. The van der Waals surface area contributed by atoms with Gasteiger partial charge in [-0.2, -0.15) is 4.57 Å². The van der Waals surface area contributed by atoms with Gasteiger partial charge >= 0.3 is 0 Å². The molecule has 5 heteroatoms. The van der Waals surface area contributed by atoms with Gasteiger partial charge in [0.2, 0.25) is 5.69 Å². The van der Waals surface area contributed by atoms with Crippen LogP contribution < -0.4 is 4.57 Å². The van der Waals surface area contributed by atoms with Crippen molar-refractivity contribution in [2.45, 2.75) is 63.8 Å². The summed E-state index contributed by atoms with van der Waals surface area (Å²) in [4.78, 5) is 1.24. The quantitative estimate of drug-likeness (QED) is 0.141. The molecule has 3 aromatic carbocycles. The largest absolute Gasteiger partial charge is 0.214 e. The van der Waals surface area contributed by atoms with Gasteiger partial charge in [-0.15, -0.1) is 16.4 Å². The Labute approximate surface area is 310 Å². The summed E-state index contributed by atoms with van der Waals surface area (Å²) in [7, 11) is 0. The topological polar surface area (TPSA) is 34.6 Å². The minimum atomic E-state index is -0.495. The number of nitrogens with zero attached hydrogens (tertiary/aromatic N) is 4. The number of rotatable bonds is 9. The van der Waals surface area contributed by atoms with E-state index >= 15 is 0 Å². The van der Waals surface area contributed by atoms with Crippen LogP contribution in [-0.4, -0.2) is 15.0 Å². The van der Waals surface area contributed by atoms with Crippen LogP contribution in [0.5, 0.6) is 0 Å². The lowest BCUT2D eigenvalue weighted by atomic mass is 9.69. The number of aryl methyl sites for hydroxylation is 1. The molecule has 1 atom stereocenters. The molecular weight excluding hydrogens is 653 g/mol. The molecule has 0 bridgehead atoms. The van der Waals surface area contributed by atoms with Crippen molar-refractivity contribution in [3.05, 3.63) is 167 Å². The molecule has 0 saturated heterocycles. The standard InChI is InChI=1S/C47H43N4S/c1-7-12-17-31-21-24-40-36(26-31)35-23-22-32(27-41(35)47(40)38(9-3)33(8-2)34-18-13-14-19-39(34)47)42-29-51(49-48-42)44-28-37-43-20-15-16-25-50(43)46(10-4,11-5)30(6)45(37)52-44/h8-9,13-16,18-29H,2-3,6-7,10-12,17H2,1,4-5H3/q+1. The first kappa shape index (κ1) is 32.5. The highest BCUT2D eigenvalue weighted by molar-refractivity contribution is 7.16. The molecule has 0 N–H and O–H groups in total. The third kappa shape index (κ3) is 4.23. The summed E-state index contributed by atoms with van der Waals surface area (Å²) in [5, 5.41) is 10.5. The molecule has 4 heterocycles. The van der Waals surface area contributed by atoms with E-state index in [1.165, 1.54) is 79.1 Å². The van der Waals surface area contributed by atoms with Crippen molar-refractivity contribution >= 4 is 22.5 Å². The third-order valence-electron chi connectivity index (χ3n) is 12.1. The van der Waals surface area contributed by atoms with Gasteiger partial charge in [-0.3, -0.25) is 0 Å². The van der Waals surface area contributed by atoms with E-state index in [0.717, 1.165) is 41.1 Å². The van der Waals surface area contributed by atoms with E-state index in [0.29, 0.717) is 0 Å². The number of hydrogen-bond donors (Lipinski definition) is 0. The highest BCUT2D eigenvalue weighted by Crippen LogP contribution is 2.62. The van der Waals surface area contributed by atoms with Crippen molar-refractivity contribution in [2.75, 3.05) is 0 Å². The molecule has 0 radical (unpaired) electrons. The van der Waals surface area contributed by atoms with Crippen molar-refractivity contribution in [1.29, 1.82) is 0 Å². The molecule has 1 spiro atoms. The molecule has 0 fully saturated rings. The number of benzene rings is 3. The number of allylic oxidation sites excluding steroid dienone is 5. The number of hydrogen-bond acceptors (Lipinski definition) is 3. The zero-order valence-electron chi connectivity index (χ0n) is 30.2. The first-order chi connectivity index (χ1) is 25.4. The molecule has 9 rings (SSSR count). The summed E-state index contributed by atoms with van der Waals surface area (Å²) < 4.78 is 4.36. The monoisotopic (exact) mass is 695 g/mol. The summed E-state index contributed by atoms with van der Waals surface area (Å²) in [6.45, 7) is 20.1. The van der Waals surface area contributed by atoms with Gasteiger partial charge in [0, 0.05) is 36.1 Å². The molecular formula is C47H43N4S+. The first-order valence-corrected chi connectivity index (χ1v) is 19.4. The van der Waals surface area contributed by atoms with Crippen molar-refractivity contribution < 1.29 is 4.57 Å². The minimum absolute atomic E-state index is 0.142. The SMILES string of the molecule is C=CC1=C(C=C)C2(c3ccccc31)c1ccc(CCCC)cc1-c1ccc(-c3cn(-c4cc5c(s4)C(=C)C(CC)(CC)[n+]4ccccc4-5)nn3)cc12. The lowest BCUT2D eigenvalue weighted by Crippen LogP contribution is -2.58. The Hall–Kier alpha value is -5.39. The number of unbranched alkanes of at least 4 members (excludes halogenated alkanes) is 1. The zero-order chi connectivity index (χ0) is 35.8. The second-order valence-corrected chi connectivity index (χ2v) is 15.4. The van der Waals surface area contributed by atoms with Crippen molar-refractivity contribution in [3.63, 3.8) is 0 Å². The maximum Gasteiger partial charge on any atom is 0.214 e. The van der Waals surface area contributed by atoms with Crippen LogP contribution in [0, 0.1) is 0 Å². The van der Waals surface area contributed by atoms with Gasteiger partial charge in [0.15, 0.2) is 11.7 Å². The van der Waals surface area contributed by atoms with Gasteiger partial charge in [-0.1, -0.05) is 119 Å². The summed E-state index contributed by atoms with van der Waals surface area (Å²) >= 11 is 1.75. The highest BCUT2D eigenvalue weighted by Gasteiger charge is 2.52. The Balaban J connectivity index is 1.19. The van der Waals surface area contributed by atoms with E-state index in [9.17, 15) is 0 Å². The molecule has 256 valence electrons. The van der Waals surface area contributed by atoms with E-state index < -0.39 is 5.41 Å². The molecule has 0 saturated carbocycles. The zero-order valence-corrected chi connectivity index (χ0v) is 31.1. The van der Waals surface area contributed by atoms with E-state index in [4.69, 9.17) is 10.3 Å². The third-order valence-corrected chi connectivity index (χ3v) is 13.3. The van der Waals surface area contributed by atoms with Crippen LogP contribution in [-0.2, 0) is 17.4 Å². The van der Waals surface area contributed by atoms with Crippen LogP contribution in [0.3, 0.4) is 0 Å². The molecule has 3 aliphatic rings. The normalized spacial score (nSPS) is 17.5. The minimum Gasteiger partial charge on any atom is -0.210 e. The van der Waals surface area contributed by atoms with Gasteiger partial charge in [-0.25, -0.2) is 4.68 Å². The van der Waals surface area contributed by atoms with Crippen LogP contribution in [0.2, 0.25) is 0 Å². The molecule has 52 heavy (non-hydrogen) atoms. The van der Waals surface area contributed by atoms with Gasteiger partial charge in [-0.05, 0) is 81.1 Å². The fourth-order valence-corrected chi connectivity index (χ4v) is 10.6. The van der Waals surface area contributed by atoms with Gasteiger partial charge < -0.3 is 0 Å². The van der Waals surface area contributed by atoms with Gasteiger partial charge in [0.1, 0.15) is 10.7 Å². The smallest absolute Gasteiger partial charge is 0.210 e. The average Bonchev–Trinajstić information content (AvgIpc) is 3.97. The average molecular weight is 696 g/mol. The number of fused-ring (bicyclic) bond motifs is 10. The van der Waals surface area contributed by atoms with Crippen molar-refractivity contribution in [1.82, 2.24) is 15.0 Å². The van der Waals surface area contributed by atoms with Crippen LogP contribution in [0.4, 0.5) is 0 Å². The second-order valence-electron chi connectivity index (χ2n) is 14.3. The molecule has 1 aliphatic heterocycles. The second kappa shape index (κ2) is 12.1. The Morgan fingerprint density at radius 2 is 1.62 bits per heavy atom. The molecule has 6 aromatic rings. The summed E-state index contributed by atoms with van der Waals surface area (Å²) in [5.41, 5.74) is 16.2. The van der Waals surface area contributed by atoms with Crippen LogP contribution in [0.25, 0.3) is 49.8 Å². The molecule has 3 aromatic heterocycles. The lowest BCUT2D eigenvalue weighted by Gasteiger charge is -2.33. The van der Waals surface area contributed by atoms with Gasteiger partial charge in [0.25, 0.3) is 0 Å². The fraction of sp³-hybridized carbons (Fsp3) is 0.213. The fourth-order valence-electron chi connectivity index (χ4n) is 9.49. The summed E-state index contributed by atoms with van der Waals surface area (Å²) in [6, 6.07) is 31.5. The predicted molar refractivity (Wildman–Crippen MR) is 216 cm³/mol. The Morgan fingerprint density at radius 1 is 0.808 bits per heavy atom. The number of aromatic nitrogens is 4. The Morgan fingerprint density at radius 3 is 2.40 bits per heavy atom. The van der Waals surface area contributed by atoms with E-state index in [1.807, 2.05) is 10.8 Å². The highest BCUT2D eigenvalue weighted by atomic mass is 32.1. The molecule has 4 nitrogen and oxygen atoms in total. The van der Waals surface area contributed by atoms with Gasteiger partial charge in [0.05, 0.1) is 22.1 Å². The predicted octanol–water partition coefficient (Wildman–Crippen LogP) is 11.3. The Bertz CT molecular complexity index is 2500. The van der Waals surface area contributed by atoms with E-state index in [2.05, 4.69) is 148 Å². The van der Waals surface area contributed by atoms with Crippen LogP contribution >= 0.6 is 11.3 Å². The van der Waals surface area contributed by atoms with Crippen LogP contribution in [0.1, 0.15) is 79.1 Å².